The molecular formula is C8H10N2O. The lowest BCUT2D eigenvalue weighted by Gasteiger charge is -2.02. The van der Waals surface area contributed by atoms with Gasteiger partial charge in [-0.15, -0.1) is 0 Å². The van der Waals surface area contributed by atoms with Gasteiger partial charge in [-0.25, -0.2) is 0 Å². The Morgan fingerprint density at radius 3 is 3.18 bits per heavy atom. The Bertz CT molecular complexity index is 285. The predicted molar refractivity (Wildman–Crippen MR) is 41.9 cm³/mol. The number of nitrogens with zero attached hydrogens (tertiary/aromatic N) is 1. The number of anilines is 1. The van der Waals surface area contributed by atoms with Crippen LogP contribution < -0.4 is 5.73 Å². The first-order valence-electron chi connectivity index (χ1n) is 3.70. The average Bonchev–Trinajstić information content (AvgIpc) is 2.35. The molecule has 58 valence electrons. The molecule has 0 saturated carbocycles. The maximum absolute atomic E-state index is 9.39. The van der Waals surface area contributed by atoms with Crippen LogP contribution >= 0.6 is 0 Å². The summed E-state index contributed by atoms with van der Waals surface area (Å²) in [6.07, 6.45) is 2.86. The van der Waals surface area contributed by atoms with Gasteiger partial charge in [-0.2, -0.15) is 0 Å². The monoisotopic (exact) mass is 150 g/mol. The largest absolute Gasteiger partial charge is 0.398 e. The number of nitrogen functional groups attached to an aromatic ring is 1. The lowest BCUT2D eigenvalue weighted by molar-refractivity contribution is 0.176. The number of fused-ring (bicyclic) bond motifs is 1. The van der Waals surface area contributed by atoms with Crippen LogP contribution in [-0.2, 0) is 6.42 Å². The van der Waals surface area contributed by atoms with Crippen molar-refractivity contribution in [3.8, 4) is 0 Å². The van der Waals surface area contributed by atoms with Crippen molar-refractivity contribution in [3.63, 3.8) is 0 Å². The summed E-state index contributed by atoms with van der Waals surface area (Å²) >= 11 is 0. The minimum Gasteiger partial charge on any atom is -0.398 e. The van der Waals surface area contributed by atoms with Gasteiger partial charge in [0.2, 0.25) is 0 Å². The molecular weight excluding hydrogens is 140 g/mol. The zero-order valence-corrected chi connectivity index (χ0v) is 6.12. The summed E-state index contributed by atoms with van der Waals surface area (Å²) in [5.74, 6) is 0. The van der Waals surface area contributed by atoms with Crippen LogP contribution in [0.25, 0.3) is 0 Å². The second kappa shape index (κ2) is 2.20. The number of aliphatic hydroxyl groups excluding tert-OH is 1. The van der Waals surface area contributed by atoms with E-state index in [9.17, 15) is 5.11 Å². The molecule has 3 heteroatoms. The normalized spacial score (nSPS) is 21.7. The number of hydrogen-bond donors (Lipinski definition) is 2. The van der Waals surface area contributed by atoms with Gasteiger partial charge in [0.1, 0.15) is 0 Å². The third-order valence-corrected chi connectivity index (χ3v) is 2.11. The number of aromatic nitrogens is 1. The van der Waals surface area contributed by atoms with E-state index in [1.807, 2.05) is 0 Å². The molecule has 1 atom stereocenters. The van der Waals surface area contributed by atoms with Crippen molar-refractivity contribution in [2.45, 2.75) is 18.9 Å². The quantitative estimate of drug-likeness (QED) is 0.570. The third-order valence-electron chi connectivity index (χ3n) is 2.11. The van der Waals surface area contributed by atoms with Gasteiger partial charge >= 0.3 is 0 Å². The predicted octanol–water partition coefficient (Wildman–Crippen LogP) is 0.643. The standard InChI is InChI=1S/C8H10N2O/c9-6-3-4-10-8-5(6)1-2-7(8)11/h3-4,7,11H,1-2H2,(H2,9,10). The summed E-state index contributed by atoms with van der Waals surface area (Å²) in [6, 6.07) is 1.77. The Morgan fingerprint density at radius 1 is 1.64 bits per heavy atom. The Labute approximate surface area is 64.9 Å². The van der Waals surface area contributed by atoms with Crippen LogP contribution in [0.15, 0.2) is 12.3 Å². The van der Waals surface area contributed by atoms with Crippen LogP contribution in [0.1, 0.15) is 23.8 Å². The van der Waals surface area contributed by atoms with Gasteiger partial charge in [0.15, 0.2) is 0 Å². The molecule has 0 amide bonds. The molecule has 11 heavy (non-hydrogen) atoms. The van der Waals surface area contributed by atoms with Crippen molar-refractivity contribution >= 4 is 5.69 Å². The van der Waals surface area contributed by atoms with Crippen LogP contribution in [0.2, 0.25) is 0 Å². The van der Waals surface area contributed by atoms with Gasteiger partial charge in [0.05, 0.1) is 11.8 Å². The van der Waals surface area contributed by atoms with E-state index in [0.29, 0.717) is 0 Å². The fourth-order valence-electron chi connectivity index (χ4n) is 1.50. The van der Waals surface area contributed by atoms with E-state index < -0.39 is 6.10 Å². The molecule has 0 spiro atoms. The first-order valence-corrected chi connectivity index (χ1v) is 3.70. The van der Waals surface area contributed by atoms with E-state index in [0.717, 1.165) is 29.8 Å². The second-order valence-electron chi connectivity index (χ2n) is 2.82. The molecule has 3 N–H and O–H groups in total. The van der Waals surface area contributed by atoms with Crippen LogP contribution in [0.5, 0.6) is 0 Å². The molecule has 1 aromatic heterocycles. The number of rotatable bonds is 0. The number of pyridine rings is 1. The van der Waals surface area contributed by atoms with Crippen LogP contribution in [0, 0.1) is 0 Å². The fourth-order valence-corrected chi connectivity index (χ4v) is 1.50. The fraction of sp³-hybridized carbons (Fsp3) is 0.375. The van der Waals surface area contributed by atoms with E-state index >= 15 is 0 Å². The maximum atomic E-state index is 9.39. The zero-order chi connectivity index (χ0) is 7.84. The summed E-state index contributed by atoms with van der Waals surface area (Å²) < 4.78 is 0. The molecule has 3 nitrogen and oxygen atoms in total. The first-order chi connectivity index (χ1) is 5.29. The van der Waals surface area contributed by atoms with Crippen molar-refractivity contribution in [2.75, 3.05) is 5.73 Å². The van der Waals surface area contributed by atoms with Crippen molar-refractivity contribution in [3.05, 3.63) is 23.5 Å². The Balaban J connectivity index is 2.57. The molecule has 0 fully saturated rings. The summed E-state index contributed by atoms with van der Waals surface area (Å²) in [6.45, 7) is 0. The summed E-state index contributed by atoms with van der Waals surface area (Å²) in [5.41, 5.74) is 8.24. The van der Waals surface area contributed by atoms with Gasteiger partial charge in [-0.05, 0) is 24.5 Å². The minimum absolute atomic E-state index is 0.395. The Kier molecular flexibility index (Phi) is 1.32. The van der Waals surface area contributed by atoms with Crippen molar-refractivity contribution in [1.82, 2.24) is 4.98 Å². The first kappa shape index (κ1) is 6.61. The van der Waals surface area contributed by atoms with Crippen molar-refractivity contribution < 1.29 is 5.11 Å². The van der Waals surface area contributed by atoms with Crippen molar-refractivity contribution in [1.29, 1.82) is 0 Å². The highest BCUT2D eigenvalue weighted by atomic mass is 16.3. The maximum Gasteiger partial charge on any atom is 0.0966 e. The summed E-state index contributed by atoms with van der Waals surface area (Å²) in [7, 11) is 0. The number of nitrogens with two attached hydrogens (primary N) is 1. The molecule has 0 bridgehead atoms. The number of aliphatic hydroxyl groups is 1. The third kappa shape index (κ3) is 0.886. The summed E-state index contributed by atoms with van der Waals surface area (Å²) in [4.78, 5) is 4.07. The molecule has 2 rings (SSSR count). The Hall–Kier alpha value is -1.09. The van der Waals surface area contributed by atoms with Crippen LogP contribution in [0.4, 0.5) is 5.69 Å². The molecule has 1 unspecified atom stereocenters. The van der Waals surface area contributed by atoms with Crippen LogP contribution in [-0.4, -0.2) is 10.1 Å². The van der Waals surface area contributed by atoms with Gasteiger partial charge in [-0.3, -0.25) is 4.98 Å². The van der Waals surface area contributed by atoms with E-state index in [2.05, 4.69) is 4.98 Å². The molecule has 0 aliphatic heterocycles. The molecule has 0 radical (unpaired) electrons. The molecule has 1 aromatic rings. The zero-order valence-electron chi connectivity index (χ0n) is 6.12. The average molecular weight is 150 g/mol. The molecule has 1 aliphatic carbocycles. The molecule has 1 heterocycles. The van der Waals surface area contributed by atoms with E-state index in [1.165, 1.54) is 0 Å². The van der Waals surface area contributed by atoms with Gasteiger partial charge in [0, 0.05) is 11.9 Å². The van der Waals surface area contributed by atoms with Crippen LogP contribution in [0.3, 0.4) is 0 Å². The highest BCUT2D eigenvalue weighted by Crippen LogP contribution is 2.31. The molecule has 0 saturated heterocycles. The van der Waals surface area contributed by atoms with E-state index in [-0.39, 0.29) is 0 Å². The molecule has 0 aromatic carbocycles. The van der Waals surface area contributed by atoms with Gasteiger partial charge < -0.3 is 10.8 Å². The van der Waals surface area contributed by atoms with E-state index in [4.69, 9.17) is 5.73 Å². The van der Waals surface area contributed by atoms with Gasteiger partial charge in [0.25, 0.3) is 0 Å². The molecule has 1 aliphatic rings. The Morgan fingerprint density at radius 2 is 2.45 bits per heavy atom. The smallest absolute Gasteiger partial charge is 0.0966 e. The van der Waals surface area contributed by atoms with Crippen molar-refractivity contribution in [2.24, 2.45) is 0 Å². The highest BCUT2D eigenvalue weighted by molar-refractivity contribution is 5.50. The SMILES string of the molecule is Nc1ccnc2c1CCC2O. The topological polar surface area (TPSA) is 59.1 Å². The highest BCUT2D eigenvalue weighted by Gasteiger charge is 2.22. The lowest BCUT2D eigenvalue weighted by Crippen LogP contribution is -1.97. The van der Waals surface area contributed by atoms with E-state index in [1.54, 1.807) is 12.3 Å². The minimum atomic E-state index is -0.395. The second-order valence-corrected chi connectivity index (χ2v) is 2.82. The number of hydrogen-bond acceptors (Lipinski definition) is 3. The lowest BCUT2D eigenvalue weighted by atomic mass is 10.2. The summed E-state index contributed by atoms with van der Waals surface area (Å²) in [5, 5.41) is 9.39. The van der Waals surface area contributed by atoms with Gasteiger partial charge in [-0.1, -0.05) is 0 Å².